The number of aliphatic hydroxyl groups is 1. The second-order valence-electron chi connectivity index (χ2n) is 9.54. The lowest BCUT2D eigenvalue weighted by atomic mass is 9.88. The molecule has 5 rings (SSSR count). The summed E-state index contributed by atoms with van der Waals surface area (Å²) < 4.78 is 15.4. The Bertz CT molecular complexity index is 1170. The van der Waals surface area contributed by atoms with Crippen molar-refractivity contribution in [2.45, 2.75) is 51.2 Å². The van der Waals surface area contributed by atoms with Crippen LogP contribution >= 0.6 is 0 Å². The van der Waals surface area contributed by atoms with Gasteiger partial charge in [-0.25, -0.2) is 4.39 Å². The molecule has 0 bridgehead atoms. The Morgan fingerprint density at radius 2 is 1.88 bits per heavy atom. The molecule has 7 nitrogen and oxygen atoms in total. The van der Waals surface area contributed by atoms with Gasteiger partial charge in [0.05, 0.1) is 6.04 Å². The Labute approximate surface area is 197 Å². The molecule has 3 aliphatic heterocycles. The Hall–Kier alpha value is -3.00. The van der Waals surface area contributed by atoms with Crippen molar-refractivity contribution < 1.29 is 19.1 Å². The van der Waals surface area contributed by atoms with Gasteiger partial charge < -0.3 is 19.5 Å². The minimum absolute atomic E-state index is 0.0970. The Balaban J connectivity index is 1.57. The minimum atomic E-state index is -0.725. The average molecular weight is 468 g/mol. The van der Waals surface area contributed by atoms with Crippen molar-refractivity contribution in [1.82, 2.24) is 14.4 Å². The van der Waals surface area contributed by atoms with Gasteiger partial charge in [-0.15, -0.1) is 0 Å². The number of hydrogen-bond donors (Lipinski definition) is 1. The van der Waals surface area contributed by atoms with Crippen LogP contribution in [0.15, 0.2) is 41.2 Å². The number of piperidine rings is 1. The Kier molecular flexibility index (Phi) is 6.02. The van der Waals surface area contributed by atoms with E-state index in [0.717, 1.165) is 19.3 Å². The topological polar surface area (TPSA) is 82.8 Å². The number of hydrogen-bond acceptors (Lipinski definition) is 4. The van der Waals surface area contributed by atoms with Crippen molar-refractivity contribution in [2.75, 3.05) is 19.7 Å². The van der Waals surface area contributed by atoms with E-state index >= 15 is 0 Å². The van der Waals surface area contributed by atoms with Gasteiger partial charge in [0, 0.05) is 55.8 Å². The van der Waals surface area contributed by atoms with E-state index in [1.807, 2.05) is 11.0 Å². The molecule has 8 heteroatoms. The lowest BCUT2D eigenvalue weighted by molar-refractivity contribution is -0.147. The quantitative estimate of drug-likeness (QED) is 0.749. The van der Waals surface area contributed by atoms with E-state index in [0.29, 0.717) is 36.5 Å². The first-order chi connectivity index (χ1) is 16.5. The van der Waals surface area contributed by atoms with Crippen molar-refractivity contribution in [2.24, 2.45) is 11.8 Å². The van der Waals surface area contributed by atoms with Crippen LogP contribution in [0.5, 0.6) is 0 Å². The number of rotatable bonds is 4. The molecule has 2 fully saturated rings. The summed E-state index contributed by atoms with van der Waals surface area (Å²) in [5, 5.41) is 10.4. The van der Waals surface area contributed by atoms with Crippen LogP contribution in [0.4, 0.5) is 4.39 Å². The minimum Gasteiger partial charge on any atom is -0.396 e. The molecule has 2 aromatic rings. The van der Waals surface area contributed by atoms with E-state index in [1.165, 1.54) is 12.1 Å². The SMILES string of the molecule is CCC(=O)N1[C@H](C(=O)N2CCCCC2)[C@@H](CO)[C@@H]2Cn3c(ccc(-c4cccc(F)c4)c3=O)[C@@H]21. The number of fused-ring (bicyclic) bond motifs is 3. The predicted molar refractivity (Wildman–Crippen MR) is 124 cm³/mol. The number of halogens is 1. The fourth-order valence-corrected chi connectivity index (χ4v) is 6.11. The van der Waals surface area contributed by atoms with Crippen molar-refractivity contribution in [3.8, 4) is 11.1 Å². The van der Waals surface area contributed by atoms with Crippen LogP contribution in [0.1, 0.15) is 44.3 Å². The molecule has 0 saturated carbocycles. The third-order valence-corrected chi connectivity index (χ3v) is 7.72. The molecule has 3 aliphatic rings. The normalized spacial score (nSPS) is 25.9. The van der Waals surface area contributed by atoms with Crippen molar-refractivity contribution in [1.29, 1.82) is 0 Å². The molecule has 2 saturated heterocycles. The Morgan fingerprint density at radius 1 is 1.12 bits per heavy atom. The third kappa shape index (κ3) is 3.55. The summed E-state index contributed by atoms with van der Waals surface area (Å²) in [5.41, 5.74) is 1.30. The smallest absolute Gasteiger partial charge is 0.258 e. The van der Waals surface area contributed by atoms with Crippen LogP contribution in [0.2, 0.25) is 0 Å². The van der Waals surface area contributed by atoms with Gasteiger partial charge in [0.1, 0.15) is 11.9 Å². The van der Waals surface area contributed by atoms with Crippen LogP contribution in [0, 0.1) is 17.7 Å². The number of pyridine rings is 1. The molecule has 1 N–H and O–H groups in total. The molecule has 4 atom stereocenters. The van der Waals surface area contributed by atoms with Crippen LogP contribution < -0.4 is 5.56 Å². The molecule has 1 aromatic carbocycles. The largest absolute Gasteiger partial charge is 0.396 e. The number of likely N-dealkylation sites (tertiary alicyclic amines) is 2. The van der Waals surface area contributed by atoms with Crippen molar-refractivity contribution >= 4 is 11.8 Å². The van der Waals surface area contributed by atoms with Gasteiger partial charge in [-0.2, -0.15) is 0 Å². The first-order valence-corrected chi connectivity index (χ1v) is 12.2. The third-order valence-electron chi connectivity index (χ3n) is 7.72. The van der Waals surface area contributed by atoms with Gasteiger partial charge in [-0.05, 0) is 49.1 Å². The van der Waals surface area contributed by atoms with E-state index in [9.17, 15) is 23.9 Å². The van der Waals surface area contributed by atoms with E-state index in [-0.39, 0.29) is 36.3 Å². The number of carbonyl (C=O) groups is 2. The van der Waals surface area contributed by atoms with Crippen LogP contribution in [-0.4, -0.2) is 57.0 Å². The standard InChI is InChI=1S/C26H30FN3O4/c1-2-22(32)30-23-19(20(15-31)24(30)26(34)28-11-4-3-5-12-28)14-29-21(23)10-9-18(25(29)33)16-7-6-8-17(27)13-16/h6-10,13,19-20,23-24,31H,2-5,11-12,14-15H2,1H3/t19-,20-,23+,24-/m0/s1. The number of aliphatic hydroxyl groups excluding tert-OH is 1. The molecule has 2 amide bonds. The summed E-state index contributed by atoms with van der Waals surface area (Å²) in [5.74, 6) is -1.36. The Morgan fingerprint density at radius 3 is 2.56 bits per heavy atom. The maximum absolute atomic E-state index is 13.8. The first kappa shape index (κ1) is 22.8. The first-order valence-electron chi connectivity index (χ1n) is 12.2. The van der Waals surface area contributed by atoms with Gasteiger partial charge in [-0.3, -0.25) is 14.4 Å². The summed E-state index contributed by atoms with van der Waals surface area (Å²) in [6.45, 7) is 3.18. The number of benzene rings is 1. The highest BCUT2D eigenvalue weighted by atomic mass is 19.1. The van der Waals surface area contributed by atoms with E-state index in [1.54, 1.807) is 34.6 Å². The van der Waals surface area contributed by atoms with Crippen LogP contribution in [0.3, 0.4) is 0 Å². The van der Waals surface area contributed by atoms with Gasteiger partial charge in [0.25, 0.3) is 5.56 Å². The molecule has 4 heterocycles. The van der Waals surface area contributed by atoms with Gasteiger partial charge >= 0.3 is 0 Å². The number of carbonyl (C=O) groups excluding carboxylic acids is 2. The van der Waals surface area contributed by atoms with Crippen LogP contribution in [0.25, 0.3) is 11.1 Å². The second kappa shape index (κ2) is 8.98. The molecule has 180 valence electrons. The highest BCUT2D eigenvalue weighted by Gasteiger charge is 2.57. The van der Waals surface area contributed by atoms with E-state index in [4.69, 9.17) is 0 Å². The van der Waals surface area contributed by atoms with E-state index in [2.05, 4.69) is 0 Å². The molecule has 0 spiro atoms. The molecule has 0 radical (unpaired) electrons. The molecule has 0 aliphatic carbocycles. The molecular formula is C26H30FN3O4. The number of amides is 2. The summed E-state index contributed by atoms with van der Waals surface area (Å²) in [6.07, 6.45) is 3.21. The second-order valence-corrected chi connectivity index (χ2v) is 9.54. The summed E-state index contributed by atoms with van der Waals surface area (Å²) in [6, 6.07) is 8.23. The van der Waals surface area contributed by atoms with Gasteiger partial charge in [0.2, 0.25) is 11.8 Å². The molecule has 1 aromatic heterocycles. The maximum Gasteiger partial charge on any atom is 0.258 e. The fourth-order valence-electron chi connectivity index (χ4n) is 6.11. The zero-order chi connectivity index (χ0) is 24.0. The maximum atomic E-state index is 13.8. The lowest BCUT2D eigenvalue weighted by Gasteiger charge is -2.36. The van der Waals surface area contributed by atoms with Crippen molar-refractivity contribution in [3.63, 3.8) is 0 Å². The highest BCUT2D eigenvalue weighted by Crippen LogP contribution is 2.50. The van der Waals surface area contributed by atoms with E-state index < -0.39 is 23.8 Å². The summed E-state index contributed by atoms with van der Waals surface area (Å²) in [4.78, 5) is 43.7. The number of nitrogens with zero attached hydrogens (tertiary/aromatic N) is 3. The van der Waals surface area contributed by atoms with Crippen molar-refractivity contribution in [3.05, 3.63) is 58.3 Å². The summed E-state index contributed by atoms with van der Waals surface area (Å²) in [7, 11) is 0. The van der Waals surface area contributed by atoms with Crippen LogP contribution in [-0.2, 0) is 16.1 Å². The predicted octanol–water partition coefficient (Wildman–Crippen LogP) is 2.57. The molecular weight excluding hydrogens is 437 g/mol. The monoisotopic (exact) mass is 467 g/mol. The average Bonchev–Trinajstić information content (AvgIpc) is 3.39. The summed E-state index contributed by atoms with van der Waals surface area (Å²) >= 11 is 0. The van der Waals surface area contributed by atoms with Gasteiger partial charge in [-0.1, -0.05) is 19.1 Å². The zero-order valence-electron chi connectivity index (χ0n) is 19.3. The zero-order valence-corrected chi connectivity index (χ0v) is 19.3. The lowest BCUT2D eigenvalue weighted by Crippen LogP contribution is -2.52. The molecule has 0 unspecified atom stereocenters. The fraction of sp³-hybridized carbons (Fsp3) is 0.500. The van der Waals surface area contributed by atoms with Gasteiger partial charge in [0.15, 0.2) is 0 Å². The highest BCUT2D eigenvalue weighted by molar-refractivity contribution is 5.89. The number of aromatic nitrogens is 1. The molecule has 34 heavy (non-hydrogen) atoms.